The minimum atomic E-state index is -0.736. The van der Waals surface area contributed by atoms with Gasteiger partial charge in [-0.3, -0.25) is 9.59 Å². The van der Waals surface area contributed by atoms with Crippen LogP contribution in [-0.4, -0.2) is 94.1 Å². The van der Waals surface area contributed by atoms with Gasteiger partial charge in [0.25, 0.3) is 0 Å². The number of allylic oxidation sites excluding steroid dienone is 4. The summed E-state index contributed by atoms with van der Waals surface area (Å²) in [6, 6.07) is 0. The number of carbonyl (C=O) groups excluding carboxylic acids is 3. The van der Waals surface area contributed by atoms with E-state index in [2.05, 4.69) is 48.1 Å². The first kappa shape index (κ1) is 42.4. The Labute approximate surface area is 315 Å². The number of likely N-dealkylation sites (N-methyl/N-ethyl adjacent to an activating group) is 1. The molecule has 1 aliphatic heterocycles. The number of hydrogen-bond donors (Lipinski definition) is 0. The van der Waals surface area contributed by atoms with Crippen molar-refractivity contribution in [2.75, 3.05) is 66.2 Å². The maximum atomic E-state index is 13.1. The van der Waals surface area contributed by atoms with E-state index in [1.165, 1.54) is 51.4 Å². The molecule has 0 aromatic rings. The second-order valence-electron chi connectivity index (χ2n) is 16.7. The Morgan fingerprint density at radius 2 is 1.25 bits per heavy atom. The zero-order valence-electron chi connectivity index (χ0n) is 32.9. The maximum Gasteiger partial charge on any atom is 0.508 e. The molecular weight excluding hydrogens is 656 g/mol. The van der Waals surface area contributed by atoms with Gasteiger partial charge >= 0.3 is 18.1 Å². The Balaban J connectivity index is 1.09. The van der Waals surface area contributed by atoms with Crippen LogP contribution in [0.15, 0.2) is 24.3 Å². The van der Waals surface area contributed by atoms with Crippen LogP contribution in [0.1, 0.15) is 135 Å². The summed E-state index contributed by atoms with van der Waals surface area (Å²) in [5.41, 5.74) is 0.0970. The molecule has 0 spiro atoms. The number of piperazine rings is 1. The van der Waals surface area contributed by atoms with Gasteiger partial charge in [0.1, 0.15) is 19.8 Å². The molecule has 0 amide bonds. The number of ether oxygens (including phenoxy) is 4. The van der Waals surface area contributed by atoms with E-state index in [4.69, 9.17) is 18.9 Å². The van der Waals surface area contributed by atoms with Crippen molar-refractivity contribution >= 4 is 18.1 Å². The molecule has 5 fully saturated rings. The highest BCUT2D eigenvalue weighted by Gasteiger charge is 2.51. The monoisotopic (exact) mass is 729 g/mol. The van der Waals surface area contributed by atoms with E-state index in [1.807, 2.05) is 0 Å². The van der Waals surface area contributed by atoms with Gasteiger partial charge in [0, 0.05) is 39.1 Å². The van der Waals surface area contributed by atoms with Crippen molar-refractivity contribution in [1.29, 1.82) is 0 Å². The molecule has 4 saturated carbocycles. The lowest BCUT2D eigenvalue weighted by atomic mass is 9.49. The molecule has 0 aromatic heterocycles. The molecule has 9 heteroatoms. The third kappa shape index (κ3) is 16.7. The highest BCUT2D eigenvalue weighted by molar-refractivity contribution is 5.70. The fourth-order valence-electron chi connectivity index (χ4n) is 9.33. The number of unbranched alkanes of at least 4 members (excludes halogenated alkanes) is 8. The second kappa shape index (κ2) is 24.1. The van der Waals surface area contributed by atoms with E-state index < -0.39 is 12.1 Å². The smallest absolute Gasteiger partial charge is 0.465 e. The Morgan fingerprint density at radius 1 is 0.673 bits per heavy atom. The molecule has 1 saturated heterocycles. The molecule has 4 aliphatic carbocycles. The maximum absolute atomic E-state index is 13.1. The molecular formula is C43H72N2O7. The van der Waals surface area contributed by atoms with E-state index >= 15 is 0 Å². The van der Waals surface area contributed by atoms with Crippen molar-refractivity contribution in [2.24, 2.45) is 29.1 Å². The summed E-state index contributed by atoms with van der Waals surface area (Å²) < 4.78 is 22.2. The summed E-state index contributed by atoms with van der Waals surface area (Å²) in [5.74, 6) is 1.42. The van der Waals surface area contributed by atoms with Gasteiger partial charge in [-0.25, -0.2) is 4.79 Å². The van der Waals surface area contributed by atoms with Crippen LogP contribution in [-0.2, 0) is 28.5 Å². The third-order valence-corrected chi connectivity index (χ3v) is 11.8. The number of hydrogen-bond acceptors (Lipinski definition) is 9. The van der Waals surface area contributed by atoms with Crippen LogP contribution in [0.4, 0.5) is 4.79 Å². The molecule has 1 atom stereocenters. The van der Waals surface area contributed by atoms with Gasteiger partial charge < -0.3 is 28.7 Å². The van der Waals surface area contributed by atoms with Gasteiger partial charge in [-0.2, -0.15) is 0 Å². The van der Waals surface area contributed by atoms with Crippen molar-refractivity contribution < 1.29 is 33.3 Å². The van der Waals surface area contributed by atoms with Crippen LogP contribution in [0.5, 0.6) is 0 Å². The van der Waals surface area contributed by atoms with E-state index in [1.54, 1.807) is 0 Å². The number of rotatable bonds is 26. The molecule has 5 rings (SSSR count). The van der Waals surface area contributed by atoms with Crippen molar-refractivity contribution in [3.8, 4) is 0 Å². The van der Waals surface area contributed by atoms with E-state index in [0.29, 0.717) is 19.4 Å². The van der Waals surface area contributed by atoms with Crippen LogP contribution in [0, 0.1) is 29.1 Å². The summed E-state index contributed by atoms with van der Waals surface area (Å²) in [6.45, 7) is 7.64. The van der Waals surface area contributed by atoms with Crippen LogP contribution >= 0.6 is 0 Å². The standard InChI is InChI=1S/C43H72N2O7/c1-3-4-5-6-7-8-9-10-11-12-13-14-15-16-17-19-40(46)50-33-39(35-52-42(48)49-25-18-20-45-23-21-44(2)22-24-45)34-51-41(47)32-43-29-36-26-37(30-43)28-38(27-36)31-43/h7-8,10-11,36-39H,3-6,9,12-35H2,1-2H3/b8-7-,11-10-. The van der Waals surface area contributed by atoms with Gasteiger partial charge in [-0.05, 0) is 114 Å². The van der Waals surface area contributed by atoms with Gasteiger partial charge in [-0.1, -0.05) is 63.3 Å². The minimum absolute atomic E-state index is 0.0289. The highest BCUT2D eigenvalue weighted by atomic mass is 16.7. The summed E-state index contributed by atoms with van der Waals surface area (Å²) in [4.78, 5) is 42.8. The third-order valence-electron chi connectivity index (χ3n) is 11.8. The average Bonchev–Trinajstić information content (AvgIpc) is 3.11. The number of esters is 2. The van der Waals surface area contributed by atoms with Crippen LogP contribution in [0.2, 0.25) is 0 Å². The largest absolute Gasteiger partial charge is 0.508 e. The van der Waals surface area contributed by atoms with Gasteiger partial charge in [0.05, 0.1) is 18.9 Å². The highest BCUT2D eigenvalue weighted by Crippen LogP contribution is 2.61. The van der Waals surface area contributed by atoms with Gasteiger partial charge in [0.15, 0.2) is 0 Å². The average molecular weight is 729 g/mol. The summed E-state index contributed by atoms with van der Waals surface area (Å²) in [5, 5.41) is 0. The molecule has 52 heavy (non-hydrogen) atoms. The van der Waals surface area contributed by atoms with E-state index in [-0.39, 0.29) is 37.2 Å². The van der Waals surface area contributed by atoms with Crippen molar-refractivity contribution in [3.63, 3.8) is 0 Å². The first-order valence-electron chi connectivity index (χ1n) is 21.1. The van der Waals surface area contributed by atoms with Crippen LogP contribution < -0.4 is 0 Å². The molecule has 1 heterocycles. The number of carbonyl (C=O) groups is 3. The fraction of sp³-hybridized carbons (Fsp3) is 0.837. The first-order valence-corrected chi connectivity index (χ1v) is 21.1. The van der Waals surface area contributed by atoms with Gasteiger partial charge in [0.2, 0.25) is 0 Å². The SMILES string of the molecule is CCCCC/C=C\C/C=C\CCCCCCCC(=O)OCC(COC(=O)CC12CC3CC(CC(C3)C1)C2)COC(=O)OCCCN1CCN(C)CC1. The topological polar surface area (TPSA) is 94.6 Å². The van der Waals surface area contributed by atoms with Crippen molar-refractivity contribution in [1.82, 2.24) is 9.80 Å². The summed E-state index contributed by atoms with van der Waals surface area (Å²) in [6.07, 6.45) is 29.8. The zero-order chi connectivity index (χ0) is 36.9. The van der Waals surface area contributed by atoms with Crippen LogP contribution in [0.3, 0.4) is 0 Å². The Bertz CT molecular complexity index is 1060. The molecule has 0 radical (unpaired) electrons. The number of nitrogens with zero attached hydrogens (tertiary/aromatic N) is 2. The quantitative estimate of drug-likeness (QED) is 0.0375. The van der Waals surface area contributed by atoms with Crippen LogP contribution in [0.25, 0.3) is 0 Å². The van der Waals surface area contributed by atoms with Crippen molar-refractivity contribution in [2.45, 2.75) is 135 Å². The Hall–Kier alpha value is -2.39. The molecule has 5 aliphatic rings. The molecule has 0 aromatic carbocycles. The summed E-state index contributed by atoms with van der Waals surface area (Å²) >= 11 is 0. The summed E-state index contributed by atoms with van der Waals surface area (Å²) in [7, 11) is 2.13. The Kier molecular flexibility index (Phi) is 19.6. The lowest BCUT2D eigenvalue weighted by Gasteiger charge is -2.56. The molecule has 4 bridgehead atoms. The molecule has 9 nitrogen and oxygen atoms in total. The first-order chi connectivity index (χ1) is 25.3. The van der Waals surface area contributed by atoms with E-state index in [0.717, 1.165) is 115 Å². The molecule has 1 unspecified atom stereocenters. The fourth-order valence-corrected chi connectivity index (χ4v) is 9.33. The van der Waals surface area contributed by atoms with E-state index in [9.17, 15) is 14.4 Å². The predicted octanol–water partition coefficient (Wildman–Crippen LogP) is 8.90. The van der Waals surface area contributed by atoms with Gasteiger partial charge in [-0.15, -0.1) is 0 Å². The van der Waals surface area contributed by atoms with Crippen molar-refractivity contribution in [3.05, 3.63) is 24.3 Å². The minimum Gasteiger partial charge on any atom is -0.465 e. The molecule has 0 N–H and O–H groups in total. The Morgan fingerprint density at radius 3 is 1.90 bits per heavy atom. The normalized spacial score (nSPS) is 25.2. The predicted molar refractivity (Wildman–Crippen MR) is 206 cm³/mol. The second-order valence-corrected chi connectivity index (χ2v) is 16.7. The lowest BCUT2D eigenvalue weighted by Crippen LogP contribution is -2.47. The molecule has 296 valence electrons. The zero-order valence-corrected chi connectivity index (χ0v) is 32.9. The lowest BCUT2D eigenvalue weighted by molar-refractivity contribution is -0.155.